The summed E-state index contributed by atoms with van der Waals surface area (Å²) in [4.78, 5) is 47.6. The van der Waals surface area contributed by atoms with Crippen molar-refractivity contribution >= 4 is 46.4 Å². The molecule has 9 nitrogen and oxygen atoms in total. The summed E-state index contributed by atoms with van der Waals surface area (Å²) in [5.41, 5.74) is -0.531. The van der Waals surface area contributed by atoms with Gasteiger partial charge in [-0.3, -0.25) is 14.6 Å². The number of oxazole rings is 1. The maximum absolute atomic E-state index is 13.1. The van der Waals surface area contributed by atoms with Gasteiger partial charge in [0.2, 0.25) is 17.7 Å². The van der Waals surface area contributed by atoms with Crippen molar-refractivity contribution in [1.29, 1.82) is 0 Å². The number of allylic oxidation sites excluding steroid dienone is 1. The molecule has 180 valence electrons. The summed E-state index contributed by atoms with van der Waals surface area (Å²) in [6.45, 7) is 5.49. The Morgan fingerprint density at radius 2 is 2.15 bits per heavy atom. The molecule has 0 aromatic carbocycles. The molecule has 0 saturated carbocycles. The van der Waals surface area contributed by atoms with Crippen molar-refractivity contribution in [1.82, 2.24) is 15.6 Å². The molecule has 3 atom stereocenters. The van der Waals surface area contributed by atoms with Crippen LogP contribution >= 0.6 is 23.5 Å². The molecule has 0 aliphatic carbocycles. The standard InChI is InChI=1S/C22H30N4O5S2/c1-13(2)18-20(28)31-14(7-5-6-8-32-4)9-16(27)23-10-17-24-15(11-30-17)19-26-22(3,12-33-19)21(29)25-18/h5,7,11,13-14,18H,6,8-10,12H2,1-4H3,(H,23,27)(H,25,29)/b7-5+/t14-,18+,22+/m1/s1. The van der Waals surface area contributed by atoms with Crippen LogP contribution in [0.3, 0.4) is 0 Å². The average Bonchev–Trinajstić information content (AvgIpc) is 3.40. The Balaban J connectivity index is 1.89. The van der Waals surface area contributed by atoms with E-state index in [0.29, 0.717) is 22.4 Å². The molecule has 0 fully saturated rings. The van der Waals surface area contributed by atoms with Gasteiger partial charge in [0.05, 0.1) is 13.0 Å². The van der Waals surface area contributed by atoms with Gasteiger partial charge in [0, 0.05) is 5.75 Å². The first-order valence-corrected chi connectivity index (χ1v) is 13.2. The second kappa shape index (κ2) is 11.2. The van der Waals surface area contributed by atoms with Gasteiger partial charge in [-0.05, 0) is 37.3 Å². The molecule has 0 unspecified atom stereocenters. The number of esters is 1. The van der Waals surface area contributed by atoms with Crippen LogP contribution < -0.4 is 10.6 Å². The van der Waals surface area contributed by atoms with E-state index in [9.17, 15) is 14.4 Å². The lowest BCUT2D eigenvalue weighted by Crippen LogP contribution is -2.53. The van der Waals surface area contributed by atoms with E-state index in [1.54, 1.807) is 24.8 Å². The van der Waals surface area contributed by atoms with Crippen LogP contribution in [0.4, 0.5) is 0 Å². The van der Waals surface area contributed by atoms with Crippen LogP contribution in [0.2, 0.25) is 0 Å². The summed E-state index contributed by atoms with van der Waals surface area (Å²) in [5, 5.41) is 6.16. The van der Waals surface area contributed by atoms with Gasteiger partial charge in [-0.1, -0.05) is 19.9 Å². The van der Waals surface area contributed by atoms with Gasteiger partial charge in [0.15, 0.2) is 0 Å². The number of hydrogen-bond acceptors (Lipinski definition) is 9. The number of nitrogens with one attached hydrogen (secondary N) is 2. The van der Waals surface area contributed by atoms with Gasteiger partial charge in [-0.15, -0.1) is 11.8 Å². The van der Waals surface area contributed by atoms with E-state index in [0.717, 1.165) is 12.2 Å². The minimum atomic E-state index is -1.05. The number of cyclic esters (lactones) is 1. The third-order valence-corrected chi connectivity index (χ3v) is 7.16. The Labute approximate surface area is 202 Å². The molecule has 1 aromatic rings. The second-order valence-corrected chi connectivity index (χ2v) is 10.4. The zero-order chi connectivity index (χ0) is 24.0. The third kappa shape index (κ3) is 6.63. The Kier molecular flexibility index (Phi) is 8.63. The van der Waals surface area contributed by atoms with Gasteiger partial charge >= 0.3 is 5.97 Å². The average molecular weight is 495 g/mol. The van der Waals surface area contributed by atoms with Crippen molar-refractivity contribution in [3.8, 4) is 0 Å². The fourth-order valence-electron chi connectivity index (χ4n) is 3.26. The van der Waals surface area contributed by atoms with Crippen LogP contribution in [0.15, 0.2) is 27.8 Å². The number of nitrogens with zero attached hydrogens (tertiary/aromatic N) is 2. The largest absolute Gasteiger partial charge is 0.456 e. The van der Waals surface area contributed by atoms with Crippen molar-refractivity contribution in [2.75, 3.05) is 17.8 Å². The van der Waals surface area contributed by atoms with Crippen molar-refractivity contribution in [2.24, 2.45) is 10.9 Å². The number of carbonyl (C=O) groups excluding carboxylic acids is 3. The van der Waals surface area contributed by atoms with E-state index in [2.05, 4.69) is 20.6 Å². The molecule has 2 aliphatic rings. The predicted octanol–water partition coefficient (Wildman–Crippen LogP) is 2.31. The number of fused-ring (bicyclic) bond motifs is 4. The van der Waals surface area contributed by atoms with Crippen molar-refractivity contribution in [2.45, 2.75) is 57.8 Å². The Morgan fingerprint density at radius 1 is 1.36 bits per heavy atom. The molecule has 0 spiro atoms. The number of hydrogen-bond donors (Lipinski definition) is 2. The number of carbonyl (C=O) groups is 3. The minimum Gasteiger partial charge on any atom is -0.456 e. The molecular formula is C22H30N4O5S2. The van der Waals surface area contributed by atoms with Gasteiger partial charge < -0.3 is 19.8 Å². The number of ether oxygens (including phenoxy) is 1. The number of aliphatic imine (C=N–C) groups is 1. The summed E-state index contributed by atoms with van der Waals surface area (Å²) in [6, 6.07) is -0.865. The SMILES string of the molecule is CSCC/C=C/[C@@H]1CC(=O)NCc2nc(co2)C2=N[C@@](C)(CS2)C(=O)N[C@@H](C(C)C)C(=O)O1. The molecule has 3 rings (SSSR count). The zero-order valence-electron chi connectivity index (χ0n) is 19.3. The van der Waals surface area contributed by atoms with Crippen LogP contribution in [0, 0.1) is 5.92 Å². The highest BCUT2D eigenvalue weighted by Gasteiger charge is 2.41. The first kappa shape index (κ1) is 25.4. The van der Waals surface area contributed by atoms with Crippen LogP contribution in [0.5, 0.6) is 0 Å². The Bertz CT molecular complexity index is 945. The van der Waals surface area contributed by atoms with Crippen LogP contribution in [-0.2, 0) is 25.7 Å². The lowest BCUT2D eigenvalue weighted by Gasteiger charge is -2.27. The highest BCUT2D eigenvalue weighted by atomic mass is 32.2. The van der Waals surface area contributed by atoms with Crippen molar-refractivity contribution in [3.05, 3.63) is 30.0 Å². The van der Waals surface area contributed by atoms with Crippen molar-refractivity contribution < 1.29 is 23.5 Å². The summed E-state index contributed by atoms with van der Waals surface area (Å²) in [5.74, 6) is 0.200. The van der Waals surface area contributed by atoms with E-state index in [4.69, 9.17) is 9.15 Å². The lowest BCUT2D eigenvalue weighted by atomic mass is 10.0. The monoisotopic (exact) mass is 494 g/mol. The fourth-order valence-corrected chi connectivity index (χ4v) is 4.76. The van der Waals surface area contributed by atoms with Gasteiger partial charge in [0.1, 0.15) is 34.7 Å². The molecule has 11 heteroatoms. The van der Waals surface area contributed by atoms with Gasteiger partial charge in [0.25, 0.3) is 0 Å². The maximum atomic E-state index is 13.1. The van der Waals surface area contributed by atoms with E-state index in [1.165, 1.54) is 18.0 Å². The molecule has 2 aliphatic heterocycles. The molecule has 1 aromatic heterocycles. The quantitative estimate of drug-likeness (QED) is 0.363. The first-order valence-electron chi connectivity index (χ1n) is 10.8. The van der Waals surface area contributed by atoms with Crippen molar-refractivity contribution in [3.63, 3.8) is 0 Å². The molecule has 2 amide bonds. The van der Waals surface area contributed by atoms with Gasteiger partial charge in [-0.2, -0.15) is 11.8 Å². The third-order valence-electron chi connectivity index (χ3n) is 5.24. The Morgan fingerprint density at radius 3 is 2.88 bits per heavy atom. The van der Waals surface area contributed by atoms with Gasteiger partial charge in [-0.25, -0.2) is 9.78 Å². The normalized spacial score (nSPS) is 26.8. The molecule has 4 bridgehead atoms. The van der Waals surface area contributed by atoms with Crippen LogP contribution in [0.25, 0.3) is 0 Å². The topological polar surface area (TPSA) is 123 Å². The summed E-state index contributed by atoms with van der Waals surface area (Å²) in [6.07, 6.45) is 7.09. The number of thioether (sulfide) groups is 2. The molecule has 33 heavy (non-hydrogen) atoms. The summed E-state index contributed by atoms with van der Waals surface area (Å²) in [7, 11) is 0. The van der Waals surface area contributed by atoms with E-state index >= 15 is 0 Å². The Hall–Kier alpha value is -2.27. The summed E-state index contributed by atoms with van der Waals surface area (Å²) < 4.78 is 11.1. The fraction of sp³-hybridized carbons (Fsp3) is 0.591. The van der Waals surface area contributed by atoms with E-state index < -0.39 is 23.7 Å². The lowest BCUT2D eigenvalue weighted by molar-refractivity contribution is -0.153. The highest BCUT2D eigenvalue weighted by molar-refractivity contribution is 8.14. The molecule has 2 N–H and O–H groups in total. The zero-order valence-corrected chi connectivity index (χ0v) is 20.9. The highest BCUT2D eigenvalue weighted by Crippen LogP contribution is 2.31. The van der Waals surface area contributed by atoms with Crippen LogP contribution in [-0.4, -0.2) is 63.3 Å². The maximum Gasteiger partial charge on any atom is 0.329 e. The van der Waals surface area contributed by atoms with Crippen LogP contribution in [0.1, 0.15) is 45.2 Å². The molecule has 3 heterocycles. The second-order valence-electron chi connectivity index (χ2n) is 8.47. The molecular weight excluding hydrogens is 464 g/mol. The smallest absolute Gasteiger partial charge is 0.329 e. The predicted molar refractivity (Wildman–Crippen MR) is 129 cm³/mol. The molecule has 0 saturated heterocycles. The number of aromatic nitrogens is 1. The summed E-state index contributed by atoms with van der Waals surface area (Å²) >= 11 is 3.10. The molecule has 0 radical (unpaired) electrons. The number of rotatable bonds is 5. The number of amides is 2. The van der Waals surface area contributed by atoms with E-state index in [-0.39, 0.29) is 30.7 Å². The van der Waals surface area contributed by atoms with E-state index in [1.807, 2.05) is 26.2 Å². The minimum absolute atomic E-state index is 0.0475. The first-order chi connectivity index (χ1) is 15.7.